The van der Waals surface area contributed by atoms with Crippen LogP contribution in [-0.4, -0.2) is 23.4 Å². The predicted molar refractivity (Wildman–Crippen MR) is 75.1 cm³/mol. The molecular formula is C12H14IN3O. The number of rotatable bonds is 4. The molecule has 0 aliphatic heterocycles. The second kappa shape index (κ2) is 5.50. The fourth-order valence-corrected chi connectivity index (χ4v) is 2.21. The Labute approximate surface area is 114 Å². The highest BCUT2D eigenvalue weighted by Crippen LogP contribution is 2.26. The lowest BCUT2D eigenvalue weighted by Crippen LogP contribution is -2.21. The Morgan fingerprint density at radius 3 is 2.82 bits per heavy atom. The maximum absolute atomic E-state index is 5.85. The van der Waals surface area contributed by atoms with Crippen LogP contribution in [0.1, 0.15) is 11.6 Å². The molecule has 90 valence electrons. The molecule has 1 atom stereocenters. The summed E-state index contributed by atoms with van der Waals surface area (Å²) in [5.41, 5.74) is 6.90. The zero-order valence-electron chi connectivity index (χ0n) is 9.51. The molecule has 2 rings (SSSR count). The highest BCUT2D eigenvalue weighted by atomic mass is 127. The van der Waals surface area contributed by atoms with Crippen LogP contribution >= 0.6 is 22.6 Å². The maximum Gasteiger partial charge on any atom is 0.124 e. The molecule has 0 aliphatic carbocycles. The summed E-state index contributed by atoms with van der Waals surface area (Å²) in [5, 5.41) is 4.31. The number of halogens is 1. The first-order valence-corrected chi connectivity index (χ1v) is 6.36. The lowest BCUT2D eigenvalue weighted by atomic mass is 10.1. The van der Waals surface area contributed by atoms with Gasteiger partial charge in [0.05, 0.1) is 22.9 Å². The monoisotopic (exact) mass is 343 g/mol. The molecule has 0 aliphatic rings. The van der Waals surface area contributed by atoms with Crippen LogP contribution in [0.15, 0.2) is 36.7 Å². The standard InChI is InChI=1S/C12H14IN3O/c1-17-12-5-3-2-4-10(12)11(6-14)16-8-9(13)7-15-16/h2-5,7-8,11H,6,14H2,1H3. The van der Waals surface area contributed by atoms with Gasteiger partial charge in [-0.15, -0.1) is 0 Å². The molecule has 1 heterocycles. The van der Waals surface area contributed by atoms with Gasteiger partial charge in [-0.1, -0.05) is 18.2 Å². The summed E-state index contributed by atoms with van der Waals surface area (Å²) in [5.74, 6) is 0.841. The highest BCUT2D eigenvalue weighted by Gasteiger charge is 2.16. The van der Waals surface area contributed by atoms with E-state index in [-0.39, 0.29) is 6.04 Å². The average molecular weight is 343 g/mol. The molecular weight excluding hydrogens is 329 g/mol. The van der Waals surface area contributed by atoms with Gasteiger partial charge in [0.2, 0.25) is 0 Å². The molecule has 0 fully saturated rings. The number of aromatic nitrogens is 2. The van der Waals surface area contributed by atoms with Crippen molar-refractivity contribution in [3.8, 4) is 5.75 Å². The van der Waals surface area contributed by atoms with E-state index in [1.165, 1.54) is 0 Å². The van der Waals surface area contributed by atoms with Crippen molar-refractivity contribution in [1.82, 2.24) is 9.78 Å². The van der Waals surface area contributed by atoms with Crippen molar-refractivity contribution >= 4 is 22.6 Å². The van der Waals surface area contributed by atoms with Crippen molar-refractivity contribution in [2.24, 2.45) is 5.73 Å². The topological polar surface area (TPSA) is 53.1 Å². The van der Waals surface area contributed by atoms with Gasteiger partial charge in [-0.05, 0) is 28.7 Å². The van der Waals surface area contributed by atoms with Crippen LogP contribution < -0.4 is 10.5 Å². The zero-order chi connectivity index (χ0) is 12.3. The Morgan fingerprint density at radius 1 is 1.47 bits per heavy atom. The van der Waals surface area contributed by atoms with Crippen LogP contribution in [0.2, 0.25) is 0 Å². The number of hydrogen-bond donors (Lipinski definition) is 1. The van der Waals surface area contributed by atoms with Crippen molar-refractivity contribution in [3.05, 3.63) is 45.8 Å². The number of hydrogen-bond acceptors (Lipinski definition) is 3. The van der Waals surface area contributed by atoms with Crippen molar-refractivity contribution < 1.29 is 4.74 Å². The van der Waals surface area contributed by atoms with Gasteiger partial charge in [0.1, 0.15) is 5.75 Å². The maximum atomic E-state index is 5.85. The fourth-order valence-electron chi connectivity index (χ4n) is 1.80. The van der Waals surface area contributed by atoms with E-state index in [1.54, 1.807) is 7.11 Å². The third-order valence-electron chi connectivity index (χ3n) is 2.61. The molecule has 5 heteroatoms. The lowest BCUT2D eigenvalue weighted by molar-refractivity contribution is 0.398. The van der Waals surface area contributed by atoms with Gasteiger partial charge in [0.25, 0.3) is 0 Å². The van der Waals surface area contributed by atoms with E-state index >= 15 is 0 Å². The molecule has 0 bridgehead atoms. The van der Waals surface area contributed by atoms with Crippen LogP contribution in [0.3, 0.4) is 0 Å². The third kappa shape index (κ3) is 2.61. The zero-order valence-corrected chi connectivity index (χ0v) is 11.7. The minimum absolute atomic E-state index is 0.00895. The first-order chi connectivity index (χ1) is 8.26. The first kappa shape index (κ1) is 12.4. The van der Waals surface area contributed by atoms with Crippen molar-refractivity contribution in [2.45, 2.75) is 6.04 Å². The minimum Gasteiger partial charge on any atom is -0.496 e. The smallest absolute Gasteiger partial charge is 0.124 e. The molecule has 1 unspecified atom stereocenters. The number of benzene rings is 1. The largest absolute Gasteiger partial charge is 0.496 e. The van der Waals surface area contributed by atoms with E-state index in [4.69, 9.17) is 10.5 Å². The van der Waals surface area contributed by atoms with Gasteiger partial charge < -0.3 is 10.5 Å². The summed E-state index contributed by atoms with van der Waals surface area (Å²) >= 11 is 2.23. The van der Waals surface area contributed by atoms with E-state index in [0.717, 1.165) is 14.9 Å². The van der Waals surface area contributed by atoms with Crippen molar-refractivity contribution in [1.29, 1.82) is 0 Å². The van der Waals surface area contributed by atoms with Gasteiger partial charge in [-0.25, -0.2) is 0 Å². The Hall–Kier alpha value is -1.08. The van der Waals surface area contributed by atoms with Crippen molar-refractivity contribution in [2.75, 3.05) is 13.7 Å². The molecule has 1 aromatic heterocycles. The van der Waals surface area contributed by atoms with Gasteiger partial charge in [0.15, 0.2) is 0 Å². The number of ether oxygens (including phenoxy) is 1. The molecule has 0 spiro atoms. The van der Waals surface area contributed by atoms with Crippen LogP contribution in [-0.2, 0) is 0 Å². The minimum atomic E-state index is 0.00895. The summed E-state index contributed by atoms with van der Waals surface area (Å²) in [6.45, 7) is 0.484. The number of methoxy groups -OCH3 is 1. The fraction of sp³-hybridized carbons (Fsp3) is 0.250. The van der Waals surface area contributed by atoms with Crippen LogP contribution in [0, 0.1) is 3.57 Å². The Bertz CT molecular complexity index is 498. The van der Waals surface area contributed by atoms with Crippen LogP contribution in [0.25, 0.3) is 0 Å². The Morgan fingerprint density at radius 2 is 2.24 bits per heavy atom. The number of nitrogens with zero attached hydrogens (tertiary/aromatic N) is 2. The molecule has 0 amide bonds. The quantitative estimate of drug-likeness (QED) is 0.865. The van der Waals surface area contributed by atoms with Gasteiger partial charge >= 0.3 is 0 Å². The molecule has 1 aromatic carbocycles. The molecule has 0 radical (unpaired) electrons. The number of para-hydroxylation sites is 1. The van der Waals surface area contributed by atoms with Crippen LogP contribution in [0.5, 0.6) is 5.75 Å². The molecule has 0 saturated carbocycles. The first-order valence-electron chi connectivity index (χ1n) is 5.29. The molecule has 4 nitrogen and oxygen atoms in total. The van der Waals surface area contributed by atoms with E-state index in [0.29, 0.717) is 6.54 Å². The second-order valence-corrected chi connectivity index (χ2v) is 4.88. The van der Waals surface area contributed by atoms with Gasteiger partial charge in [-0.2, -0.15) is 5.10 Å². The summed E-state index contributed by atoms with van der Waals surface area (Å²) in [6.07, 6.45) is 3.79. The second-order valence-electron chi connectivity index (χ2n) is 3.63. The predicted octanol–water partition coefficient (Wildman–Crippen LogP) is 2.04. The van der Waals surface area contributed by atoms with Gasteiger partial charge in [-0.3, -0.25) is 4.68 Å². The SMILES string of the molecule is COc1ccccc1C(CN)n1cc(I)cn1. The summed E-state index contributed by atoms with van der Waals surface area (Å²) in [7, 11) is 1.67. The van der Waals surface area contributed by atoms with E-state index in [1.807, 2.05) is 41.3 Å². The van der Waals surface area contributed by atoms with E-state index in [9.17, 15) is 0 Å². The average Bonchev–Trinajstić information content (AvgIpc) is 2.77. The third-order valence-corrected chi connectivity index (χ3v) is 3.17. The Balaban J connectivity index is 2.41. The summed E-state index contributed by atoms with van der Waals surface area (Å²) in [6, 6.07) is 7.89. The molecule has 2 aromatic rings. The summed E-state index contributed by atoms with van der Waals surface area (Å²) in [4.78, 5) is 0. The molecule has 0 saturated heterocycles. The van der Waals surface area contributed by atoms with E-state index in [2.05, 4.69) is 27.7 Å². The normalized spacial score (nSPS) is 12.4. The van der Waals surface area contributed by atoms with Crippen molar-refractivity contribution in [3.63, 3.8) is 0 Å². The molecule has 17 heavy (non-hydrogen) atoms. The Kier molecular flexibility index (Phi) is 4.01. The lowest BCUT2D eigenvalue weighted by Gasteiger charge is -2.18. The summed E-state index contributed by atoms with van der Waals surface area (Å²) < 4.78 is 8.33. The van der Waals surface area contributed by atoms with E-state index < -0.39 is 0 Å². The number of nitrogens with two attached hydrogens (primary N) is 1. The van der Waals surface area contributed by atoms with Gasteiger partial charge in [0, 0.05) is 18.3 Å². The highest BCUT2D eigenvalue weighted by molar-refractivity contribution is 14.1. The molecule has 2 N–H and O–H groups in total. The van der Waals surface area contributed by atoms with Crippen LogP contribution in [0.4, 0.5) is 0 Å².